The van der Waals surface area contributed by atoms with Crippen molar-refractivity contribution in [1.29, 1.82) is 0 Å². The van der Waals surface area contributed by atoms with Crippen molar-refractivity contribution in [2.24, 2.45) is 7.05 Å². The van der Waals surface area contributed by atoms with Gasteiger partial charge in [-0.25, -0.2) is 8.42 Å². The molecule has 1 heterocycles. The molecule has 0 fully saturated rings. The molecule has 2 rings (SSSR count). The lowest BCUT2D eigenvalue weighted by Crippen LogP contribution is -2.20. The molecule has 0 aliphatic rings. The smallest absolute Gasteiger partial charge is 0.277 e. The second kappa shape index (κ2) is 5.24. The highest BCUT2D eigenvalue weighted by atomic mass is 32.2. The molecule has 0 saturated carbocycles. The van der Waals surface area contributed by atoms with Crippen LogP contribution in [0.1, 0.15) is 32.7 Å². The molecule has 0 aliphatic heterocycles. The number of rotatable bonds is 3. The van der Waals surface area contributed by atoms with E-state index in [1.807, 2.05) is 0 Å². The SMILES string of the molecule is Cc1[nH]n(C)c(=O)c1C(=O)c1ccc(S(C)(=O)=O)c(C)c1C. The topological polar surface area (TPSA) is 89.0 Å². The Hall–Kier alpha value is -2.15. The van der Waals surface area contributed by atoms with Crippen LogP contribution in [-0.4, -0.2) is 30.2 Å². The quantitative estimate of drug-likeness (QED) is 0.862. The van der Waals surface area contributed by atoms with Gasteiger partial charge in [0.15, 0.2) is 9.84 Å². The number of aryl methyl sites for hydroxylation is 2. The normalized spacial score (nSPS) is 11.7. The van der Waals surface area contributed by atoms with Crippen molar-refractivity contribution in [3.63, 3.8) is 0 Å². The van der Waals surface area contributed by atoms with Gasteiger partial charge in [-0.1, -0.05) is 0 Å². The second-order valence-electron chi connectivity index (χ2n) is 5.44. The summed E-state index contributed by atoms with van der Waals surface area (Å²) >= 11 is 0. The number of ketones is 1. The average Bonchev–Trinajstić information content (AvgIpc) is 2.64. The van der Waals surface area contributed by atoms with Gasteiger partial charge < -0.3 is 0 Å². The first-order chi connectivity index (χ1) is 10.1. The minimum atomic E-state index is -3.36. The summed E-state index contributed by atoms with van der Waals surface area (Å²) < 4.78 is 24.7. The highest BCUT2D eigenvalue weighted by Gasteiger charge is 2.23. The van der Waals surface area contributed by atoms with Crippen molar-refractivity contribution in [1.82, 2.24) is 9.78 Å². The summed E-state index contributed by atoms with van der Waals surface area (Å²) in [5, 5.41) is 2.78. The molecule has 118 valence electrons. The van der Waals surface area contributed by atoms with Crippen LogP contribution in [0.25, 0.3) is 0 Å². The minimum Gasteiger partial charge on any atom is -0.299 e. The van der Waals surface area contributed by atoms with Crippen molar-refractivity contribution in [3.8, 4) is 0 Å². The maximum atomic E-state index is 12.7. The van der Waals surface area contributed by atoms with Crippen LogP contribution < -0.4 is 5.56 Å². The summed E-state index contributed by atoms with van der Waals surface area (Å²) in [5.74, 6) is -0.403. The predicted molar refractivity (Wildman–Crippen MR) is 83.2 cm³/mol. The average molecular weight is 322 g/mol. The first-order valence-corrected chi connectivity index (χ1v) is 8.55. The third-order valence-corrected chi connectivity index (χ3v) is 5.08. The van der Waals surface area contributed by atoms with Crippen molar-refractivity contribution in [2.45, 2.75) is 25.7 Å². The fraction of sp³-hybridized carbons (Fsp3) is 0.333. The van der Waals surface area contributed by atoms with Crippen LogP contribution in [-0.2, 0) is 16.9 Å². The molecule has 0 radical (unpaired) electrons. The maximum absolute atomic E-state index is 12.7. The monoisotopic (exact) mass is 322 g/mol. The first kappa shape index (κ1) is 16.2. The zero-order chi connectivity index (χ0) is 16.8. The lowest BCUT2D eigenvalue weighted by atomic mass is 9.96. The Morgan fingerprint density at radius 3 is 2.18 bits per heavy atom. The van der Waals surface area contributed by atoms with E-state index in [4.69, 9.17) is 0 Å². The zero-order valence-corrected chi connectivity index (χ0v) is 14.0. The van der Waals surface area contributed by atoms with Crippen LogP contribution in [0.4, 0.5) is 0 Å². The summed E-state index contributed by atoms with van der Waals surface area (Å²) in [5.41, 5.74) is 1.60. The third kappa shape index (κ3) is 2.52. The highest BCUT2D eigenvalue weighted by molar-refractivity contribution is 7.90. The molecule has 2 aromatic rings. The zero-order valence-electron chi connectivity index (χ0n) is 13.1. The molecule has 1 aromatic heterocycles. The van der Waals surface area contributed by atoms with Crippen LogP contribution in [0.2, 0.25) is 0 Å². The largest absolute Gasteiger partial charge is 0.299 e. The van der Waals surface area contributed by atoms with Gasteiger partial charge in [0.25, 0.3) is 5.56 Å². The van der Waals surface area contributed by atoms with Gasteiger partial charge in [0.05, 0.1) is 4.90 Å². The number of carbonyl (C=O) groups excluding carboxylic acids is 1. The molecule has 7 heteroatoms. The summed E-state index contributed by atoms with van der Waals surface area (Å²) in [4.78, 5) is 24.9. The van der Waals surface area contributed by atoms with E-state index in [0.717, 1.165) is 6.26 Å². The molecule has 0 aliphatic carbocycles. The molecule has 0 amide bonds. The number of carbonyl (C=O) groups is 1. The number of nitrogens with zero attached hydrogens (tertiary/aromatic N) is 1. The summed E-state index contributed by atoms with van der Waals surface area (Å²) in [6.45, 7) is 5.00. The summed E-state index contributed by atoms with van der Waals surface area (Å²) in [7, 11) is -1.82. The van der Waals surface area contributed by atoms with Gasteiger partial charge in [-0.15, -0.1) is 0 Å². The fourth-order valence-electron chi connectivity index (χ4n) is 2.53. The number of hydrogen-bond donors (Lipinski definition) is 1. The second-order valence-corrected chi connectivity index (χ2v) is 7.42. The summed E-state index contributed by atoms with van der Waals surface area (Å²) in [6, 6.07) is 2.88. The van der Waals surface area contributed by atoms with E-state index in [1.165, 1.54) is 23.9 Å². The minimum absolute atomic E-state index is 0.0807. The van der Waals surface area contributed by atoms with Crippen LogP contribution in [0.15, 0.2) is 21.8 Å². The number of H-pyrrole nitrogens is 1. The molecular formula is C15H18N2O4S. The van der Waals surface area contributed by atoms with E-state index >= 15 is 0 Å². The highest BCUT2D eigenvalue weighted by Crippen LogP contribution is 2.23. The van der Waals surface area contributed by atoms with Crippen molar-refractivity contribution >= 4 is 15.6 Å². The van der Waals surface area contributed by atoms with E-state index < -0.39 is 21.2 Å². The standard InChI is InChI=1S/C15H18N2O4S/c1-8-9(2)12(22(5,20)21)7-6-11(8)14(18)13-10(3)16-17(4)15(13)19/h6-7,16H,1-5H3. The molecule has 1 N–H and O–H groups in total. The lowest BCUT2D eigenvalue weighted by Gasteiger charge is -2.11. The first-order valence-electron chi connectivity index (χ1n) is 6.66. The van der Waals surface area contributed by atoms with E-state index in [1.54, 1.807) is 20.8 Å². The van der Waals surface area contributed by atoms with E-state index in [2.05, 4.69) is 5.10 Å². The number of aromatic nitrogens is 2. The molecule has 0 saturated heterocycles. The Morgan fingerprint density at radius 2 is 1.73 bits per heavy atom. The Kier molecular flexibility index (Phi) is 3.87. The number of sulfone groups is 1. The summed E-state index contributed by atoms with van der Waals surface area (Å²) in [6.07, 6.45) is 1.13. The number of hydrogen-bond acceptors (Lipinski definition) is 4. The number of nitrogens with one attached hydrogen (secondary N) is 1. The molecule has 0 bridgehead atoms. The van der Waals surface area contributed by atoms with E-state index in [9.17, 15) is 18.0 Å². The fourth-order valence-corrected chi connectivity index (χ4v) is 3.56. The Morgan fingerprint density at radius 1 is 1.14 bits per heavy atom. The van der Waals surface area contributed by atoms with Crippen molar-refractivity contribution in [2.75, 3.05) is 6.26 Å². The van der Waals surface area contributed by atoms with Gasteiger partial charge in [0.2, 0.25) is 5.78 Å². The molecule has 6 nitrogen and oxygen atoms in total. The molecule has 0 unspecified atom stereocenters. The van der Waals surface area contributed by atoms with Crippen LogP contribution in [0.3, 0.4) is 0 Å². The van der Waals surface area contributed by atoms with E-state index in [0.29, 0.717) is 22.4 Å². The lowest BCUT2D eigenvalue weighted by molar-refractivity contribution is 0.103. The molecular weight excluding hydrogens is 304 g/mol. The molecule has 0 spiro atoms. The van der Waals surface area contributed by atoms with Gasteiger partial charge in [-0.3, -0.25) is 19.4 Å². The van der Waals surface area contributed by atoms with Gasteiger partial charge >= 0.3 is 0 Å². The molecule has 0 atom stereocenters. The van der Waals surface area contributed by atoms with E-state index in [-0.39, 0.29) is 10.5 Å². The predicted octanol–water partition coefficient (Wildman–Crippen LogP) is 1.27. The Balaban J connectivity index is 2.67. The van der Waals surface area contributed by atoms with Crippen molar-refractivity contribution in [3.05, 3.63) is 50.4 Å². The number of aromatic amines is 1. The van der Waals surface area contributed by atoms with Crippen LogP contribution in [0.5, 0.6) is 0 Å². The molecule has 1 aromatic carbocycles. The molecule has 22 heavy (non-hydrogen) atoms. The van der Waals surface area contributed by atoms with Crippen LogP contribution in [0, 0.1) is 20.8 Å². The van der Waals surface area contributed by atoms with Crippen molar-refractivity contribution < 1.29 is 13.2 Å². The van der Waals surface area contributed by atoms with Gasteiger partial charge in [-0.2, -0.15) is 0 Å². The van der Waals surface area contributed by atoms with Crippen LogP contribution >= 0.6 is 0 Å². The maximum Gasteiger partial charge on any atom is 0.277 e. The number of benzene rings is 1. The Labute approximate surface area is 128 Å². The third-order valence-electron chi connectivity index (χ3n) is 3.84. The van der Waals surface area contributed by atoms with Gasteiger partial charge in [0, 0.05) is 24.6 Å². The van der Waals surface area contributed by atoms with Gasteiger partial charge in [0.1, 0.15) is 5.56 Å². The van der Waals surface area contributed by atoms with Gasteiger partial charge in [-0.05, 0) is 44.0 Å². The Bertz CT molecular complexity index is 933.